The Morgan fingerprint density at radius 1 is 1.00 bits per heavy atom. The molecular formula is C22H20N2O3. The maximum Gasteiger partial charge on any atom is 0.271 e. The van der Waals surface area contributed by atoms with Crippen molar-refractivity contribution < 1.29 is 14.3 Å². The number of methoxy groups -OCH3 is 1. The molecule has 1 amide bonds. The van der Waals surface area contributed by atoms with Crippen LogP contribution in [0.1, 0.15) is 21.5 Å². The van der Waals surface area contributed by atoms with Gasteiger partial charge in [0.1, 0.15) is 18.1 Å². The summed E-state index contributed by atoms with van der Waals surface area (Å²) >= 11 is 0. The molecule has 0 aliphatic heterocycles. The fourth-order valence-corrected chi connectivity index (χ4v) is 2.44. The van der Waals surface area contributed by atoms with Crippen LogP contribution in [0.2, 0.25) is 0 Å². The Labute approximate surface area is 158 Å². The van der Waals surface area contributed by atoms with Crippen LogP contribution in [0.5, 0.6) is 11.5 Å². The molecule has 136 valence electrons. The highest BCUT2D eigenvalue weighted by Gasteiger charge is 2.06. The summed E-state index contributed by atoms with van der Waals surface area (Å²) in [7, 11) is 1.56. The van der Waals surface area contributed by atoms with Crippen LogP contribution in [0.25, 0.3) is 0 Å². The molecule has 0 aliphatic carbocycles. The maximum atomic E-state index is 12.2. The van der Waals surface area contributed by atoms with Crippen molar-refractivity contribution in [3.05, 3.63) is 95.6 Å². The number of nitrogens with zero attached hydrogens (tertiary/aromatic N) is 1. The lowest BCUT2D eigenvalue weighted by atomic mass is 10.2. The lowest BCUT2D eigenvalue weighted by Gasteiger charge is -2.09. The molecule has 3 rings (SSSR count). The van der Waals surface area contributed by atoms with Crippen molar-refractivity contribution in [1.29, 1.82) is 0 Å². The smallest absolute Gasteiger partial charge is 0.271 e. The van der Waals surface area contributed by atoms with E-state index >= 15 is 0 Å². The van der Waals surface area contributed by atoms with Gasteiger partial charge in [-0.05, 0) is 35.9 Å². The van der Waals surface area contributed by atoms with Gasteiger partial charge in [-0.25, -0.2) is 5.43 Å². The van der Waals surface area contributed by atoms with Gasteiger partial charge in [-0.15, -0.1) is 0 Å². The topological polar surface area (TPSA) is 59.9 Å². The van der Waals surface area contributed by atoms with Crippen LogP contribution in [-0.2, 0) is 6.61 Å². The molecule has 0 heterocycles. The number of rotatable bonds is 7. The first-order chi connectivity index (χ1) is 13.3. The molecule has 0 aromatic heterocycles. The Balaban J connectivity index is 1.64. The number of hydrazone groups is 1. The molecule has 3 aromatic rings. The van der Waals surface area contributed by atoms with E-state index in [9.17, 15) is 4.79 Å². The zero-order chi connectivity index (χ0) is 18.9. The molecule has 0 unspecified atom stereocenters. The highest BCUT2D eigenvalue weighted by Crippen LogP contribution is 2.17. The number of amides is 1. The molecule has 0 aliphatic rings. The SMILES string of the molecule is COc1cccc(C(=O)N/N=C\c2ccccc2OCc2ccccc2)c1. The second-order valence-corrected chi connectivity index (χ2v) is 5.74. The van der Waals surface area contributed by atoms with Crippen LogP contribution >= 0.6 is 0 Å². The van der Waals surface area contributed by atoms with E-state index in [0.29, 0.717) is 23.7 Å². The van der Waals surface area contributed by atoms with Gasteiger partial charge in [-0.3, -0.25) is 4.79 Å². The van der Waals surface area contributed by atoms with Gasteiger partial charge in [0.05, 0.1) is 13.3 Å². The predicted octanol–water partition coefficient (Wildman–Crippen LogP) is 4.04. The molecule has 0 spiro atoms. The zero-order valence-corrected chi connectivity index (χ0v) is 15.0. The van der Waals surface area contributed by atoms with Crippen molar-refractivity contribution in [1.82, 2.24) is 5.43 Å². The average Bonchev–Trinajstić information content (AvgIpc) is 2.73. The van der Waals surface area contributed by atoms with E-state index in [4.69, 9.17) is 9.47 Å². The second-order valence-electron chi connectivity index (χ2n) is 5.74. The summed E-state index contributed by atoms with van der Waals surface area (Å²) in [4.78, 5) is 12.2. The molecule has 5 heteroatoms. The summed E-state index contributed by atoms with van der Waals surface area (Å²) in [5, 5.41) is 4.04. The van der Waals surface area contributed by atoms with E-state index in [2.05, 4.69) is 10.5 Å². The van der Waals surface area contributed by atoms with Gasteiger partial charge in [0.25, 0.3) is 5.91 Å². The van der Waals surface area contributed by atoms with Gasteiger partial charge in [0, 0.05) is 11.1 Å². The number of hydrogen-bond donors (Lipinski definition) is 1. The van der Waals surface area contributed by atoms with Gasteiger partial charge in [0.15, 0.2) is 0 Å². The fraction of sp³-hybridized carbons (Fsp3) is 0.0909. The van der Waals surface area contributed by atoms with Crippen LogP contribution < -0.4 is 14.9 Å². The largest absolute Gasteiger partial charge is 0.497 e. The Hall–Kier alpha value is -3.60. The minimum Gasteiger partial charge on any atom is -0.497 e. The van der Waals surface area contributed by atoms with E-state index in [1.165, 1.54) is 0 Å². The lowest BCUT2D eigenvalue weighted by molar-refractivity contribution is 0.0954. The summed E-state index contributed by atoms with van der Waals surface area (Å²) in [6, 6.07) is 24.3. The monoisotopic (exact) mass is 360 g/mol. The van der Waals surface area contributed by atoms with Crippen molar-refractivity contribution in [3.8, 4) is 11.5 Å². The zero-order valence-electron chi connectivity index (χ0n) is 15.0. The Kier molecular flexibility index (Phi) is 6.20. The first kappa shape index (κ1) is 18.2. The molecule has 0 saturated heterocycles. The minimum atomic E-state index is -0.312. The Bertz CT molecular complexity index is 924. The molecule has 0 radical (unpaired) electrons. The van der Waals surface area contributed by atoms with Crippen molar-refractivity contribution >= 4 is 12.1 Å². The summed E-state index contributed by atoms with van der Waals surface area (Å²) in [6.07, 6.45) is 1.57. The van der Waals surface area contributed by atoms with Crippen molar-refractivity contribution in [3.63, 3.8) is 0 Å². The Morgan fingerprint density at radius 2 is 1.78 bits per heavy atom. The maximum absolute atomic E-state index is 12.2. The van der Waals surface area contributed by atoms with Crippen molar-refractivity contribution in [2.24, 2.45) is 5.10 Å². The van der Waals surface area contributed by atoms with Gasteiger partial charge in [0.2, 0.25) is 0 Å². The normalized spacial score (nSPS) is 10.6. The van der Waals surface area contributed by atoms with Crippen LogP contribution in [-0.4, -0.2) is 19.2 Å². The molecule has 1 N–H and O–H groups in total. The highest BCUT2D eigenvalue weighted by molar-refractivity contribution is 5.95. The van der Waals surface area contributed by atoms with E-state index in [0.717, 1.165) is 11.1 Å². The number of carbonyl (C=O) groups excluding carboxylic acids is 1. The van der Waals surface area contributed by atoms with Gasteiger partial charge in [-0.1, -0.05) is 48.5 Å². The third-order valence-corrected chi connectivity index (χ3v) is 3.86. The van der Waals surface area contributed by atoms with Crippen molar-refractivity contribution in [2.75, 3.05) is 7.11 Å². The van der Waals surface area contributed by atoms with E-state index < -0.39 is 0 Å². The summed E-state index contributed by atoms with van der Waals surface area (Å²) in [6.45, 7) is 0.460. The highest BCUT2D eigenvalue weighted by atomic mass is 16.5. The summed E-state index contributed by atoms with van der Waals surface area (Å²) in [5.41, 5.74) is 4.85. The molecule has 0 saturated carbocycles. The summed E-state index contributed by atoms with van der Waals surface area (Å²) < 4.78 is 11.0. The first-order valence-electron chi connectivity index (χ1n) is 8.49. The lowest BCUT2D eigenvalue weighted by Crippen LogP contribution is -2.17. The summed E-state index contributed by atoms with van der Waals surface area (Å²) in [5.74, 6) is 1.000. The van der Waals surface area contributed by atoms with E-state index in [1.807, 2.05) is 54.6 Å². The number of para-hydroxylation sites is 1. The number of ether oxygens (including phenoxy) is 2. The van der Waals surface area contributed by atoms with Gasteiger partial charge >= 0.3 is 0 Å². The third-order valence-electron chi connectivity index (χ3n) is 3.86. The minimum absolute atomic E-state index is 0.312. The molecular weight excluding hydrogens is 340 g/mol. The molecule has 5 nitrogen and oxygen atoms in total. The standard InChI is InChI=1S/C22H20N2O3/c1-26-20-12-7-11-18(14-20)22(25)24-23-15-19-10-5-6-13-21(19)27-16-17-8-3-2-4-9-17/h2-15H,16H2,1H3,(H,24,25)/b23-15-. The van der Waals surface area contributed by atoms with Crippen LogP contribution in [0.4, 0.5) is 0 Å². The predicted molar refractivity (Wildman–Crippen MR) is 105 cm³/mol. The second kappa shape index (κ2) is 9.20. The van der Waals surface area contributed by atoms with Gasteiger partial charge in [-0.2, -0.15) is 5.10 Å². The molecule has 0 fully saturated rings. The first-order valence-corrected chi connectivity index (χ1v) is 8.49. The van der Waals surface area contributed by atoms with Crippen LogP contribution in [0, 0.1) is 0 Å². The van der Waals surface area contributed by atoms with Crippen molar-refractivity contribution in [2.45, 2.75) is 6.61 Å². The molecule has 27 heavy (non-hydrogen) atoms. The van der Waals surface area contributed by atoms with Gasteiger partial charge < -0.3 is 9.47 Å². The number of benzene rings is 3. The quantitative estimate of drug-likeness (QED) is 0.511. The van der Waals surface area contributed by atoms with E-state index in [-0.39, 0.29) is 5.91 Å². The fourth-order valence-electron chi connectivity index (χ4n) is 2.44. The Morgan fingerprint density at radius 3 is 2.59 bits per heavy atom. The van der Waals surface area contributed by atoms with Crippen LogP contribution in [0.15, 0.2) is 84.0 Å². The molecule has 0 bridgehead atoms. The third kappa shape index (κ3) is 5.19. The molecule has 0 atom stereocenters. The number of hydrogen-bond acceptors (Lipinski definition) is 4. The number of carbonyl (C=O) groups is 1. The van der Waals surface area contributed by atoms with Crippen LogP contribution in [0.3, 0.4) is 0 Å². The van der Waals surface area contributed by atoms with E-state index in [1.54, 1.807) is 37.6 Å². The molecule has 3 aromatic carbocycles. The average molecular weight is 360 g/mol. The number of nitrogens with one attached hydrogen (secondary N) is 1.